The maximum Gasteiger partial charge on any atom is 0.608 e. The van der Waals surface area contributed by atoms with E-state index in [1.807, 2.05) is 31.2 Å². The number of aryl methyl sites for hydroxylation is 1. The lowest BCUT2D eigenvalue weighted by Crippen LogP contribution is -2.46. The third-order valence-electron chi connectivity index (χ3n) is 2.82. The average Bonchev–Trinajstić information content (AvgIpc) is 2.40. The molecule has 0 saturated heterocycles. The molecule has 18 heavy (non-hydrogen) atoms. The molecular formula is C14H11N2O2+. The Balaban J connectivity index is 2.33. The van der Waals surface area contributed by atoms with Crippen molar-refractivity contribution in [3.05, 3.63) is 65.0 Å². The monoisotopic (exact) mass is 239 g/mol. The van der Waals surface area contributed by atoms with Gasteiger partial charge in [-0.15, -0.1) is 0 Å². The van der Waals surface area contributed by atoms with Crippen LogP contribution >= 0.6 is 0 Å². The summed E-state index contributed by atoms with van der Waals surface area (Å²) in [5.74, 6) is -0.412. The van der Waals surface area contributed by atoms with Crippen LogP contribution in [-0.4, -0.2) is 4.98 Å². The molecule has 0 aliphatic rings. The van der Waals surface area contributed by atoms with Gasteiger partial charge >= 0.3 is 5.76 Å². The van der Waals surface area contributed by atoms with Crippen LogP contribution in [0.1, 0.15) is 5.56 Å². The third-order valence-corrected chi connectivity index (χ3v) is 2.82. The summed E-state index contributed by atoms with van der Waals surface area (Å²) in [6, 6.07) is 9.36. The Labute approximate surface area is 103 Å². The molecular weight excluding hydrogens is 228 g/mol. The summed E-state index contributed by atoms with van der Waals surface area (Å²) < 4.78 is 6.81. The Kier molecular flexibility index (Phi) is 2.41. The van der Waals surface area contributed by atoms with Gasteiger partial charge in [-0.1, -0.05) is 16.7 Å². The normalized spacial score (nSPS) is 10.7. The summed E-state index contributed by atoms with van der Waals surface area (Å²) in [5, 5.41) is 0.887. The van der Waals surface area contributed by atoms with Gasteiger partial charge < -0.3 is 4.42 Å². The second kappa shape index (κ2) is 4.07. The zero-order chi connectivity index (χ0) is 12.5. The molecule has 3 aromatic rings. The second-order valence-electron chi connectivity index (χ2n) is 4.07. The van der Waals surface area contributed by atoms with Crippen molar-refractivity contribution in [1.82, 2.24) is 4.98 Å². The van der Waals surface area contributed by atoms with Crippen LogP contribution in [0.2, 0.25) is 0 Å². The van der Waals surface area contributed by atoms with Crippen LogP contribution in [0.4, 0.5) is 0 Å². The molecule has 0 atom stereocenters. The van der Waals surface area contributed by atoms with E-state index in [9.17, 15) is 4.79 Å². The van der Waals surface area contributed by atoms with Crippen molar-refractivity contribution in [1.29, 1.82) is 0 Å². The number of rotatable bonds is 1. The van der Waals surface area contributed by atoms with Gasteiger partial charge in [-0.2, -0.15) is 4.79 Å². The minimum atomic E-state index is -0.412. The molecule has 2 heterocycles. The fraction of sp³-hybridized carbons (Fsp3) is 0.0714. The van der Waals surface area contributed by atoms with E-state index in [0.717, 1.165) is 10.9 Å². The van der Waals surface area contributed by atoms with E-state index in [2.05, 4.69) is 4.98 Å². The van der Waals surface area contributed by atoms with E-state index in [4.69, 9.17) is 4.42 Å². The fourth-order valence-electron chi connectivity index (χ4n) is 1.92. The quantitative estimate of drug-likeness (QED) is 0.608. The molecule has 4 heteroatoms. The van der Waals surface area contributed by atoms with Gasteiger partial charge in [0.25, 0.3) is 0 Å². The molecule has 88 valence electrons. The molecule has 0 aliphatic carbocycles. The fourth-order valence-corrected chi connectivity index (χ4v) is 1.92. The zero-order valence-corrected chi connectivity index (χ0v) is 9.83. The zero-order valence-electron chi connectivity index (χ0n) is 9.83. The summed E-state index contributed by atoms with van der Waals surface area (Å²) in [5.41, 5.74) is 2.26. The minimum Gasteiger partial charge on any atom is -0.371 e. The Bertz CT molecular complexity index is 764. The van der Waals surface area contributed by atoms with Gasteiger partial charge in [-0.3, -0.25) is 4.98 Å². The summed E-state index contributed by atoms with van der Waals surface area (Å²) in [7, 11) is 0. The Hall–Kier alpha value is -2.49. The third kappa shape index (κ3) is 1.68. The Morgan fingerprint density at radius 1 is 1.22 bits per heavy atom. The van der Waals surface area contributed by atoms with E-state index in [0.29, 0.717) is 11.3 Å². The molecule has 0 saturated carbocycles. The molecule has 0 bridgehead atoms. The number of nitrogens with zero attached hydrogens (tertiary/aromatic N) is 2. The van der Waals surface area contributed by atoms with Crippen LogP contribution in [0.3, 0.4) is 0 Å². The first-order valence-electron chi connectivity index (χ1n) is 5.61. The van der Waals surface area contributed by atoms with Crippen molar-refractivity contribution in [3.63, 3.8) is 0 Å². The standard InChI is InChI=1S/C14H11N2O2/c1-10-4-2-5-11-9-16(14(17)18-13(10)11)12-6-3-7-15-8-12/h2-9H,1H3/q+1. The predicted octanol–water partition coefficient (Wildman–Crippen LogP) is 1.77. The largest absolute Gasteiger partial charge is 0.608 e. The molecule has 2 aromatic heterocycles. The number of benzene rings is 1. The maximum absolute atomic E-state index is 12.0. The van der Waals surface area contributed by atoms with E-state index in [1.54, 1.807) is 24.7 Å². The predicted molar refractivity (Wildman–Crippen MR) is 66.5 cm³/mol. The topological polar surface area (TPSA) is 47.0 Å². The van der Waals surface area contributed by atoms with Crippen LogP contribution in [0, 0.1) is 6.92 Å². The number of hydrogen-bond donors (Lipinski definition) is 0. The SMILES string of the molecule is Cc1cccc2c[n+](-c3cccnc3)c(=O)oc12. The van der Waals surface area contributed by atoms with Crippen LogP contribution in [-0.2, 0) is 0 Å². The molecule has 0 fully saturated rings. The Morgan fingerprint density at radius 2 is 2.11 bits per heavy atom. The summed E-state index contributed by atoms with van der Waals surface area (Å²) >= 11 is 0. The van der Waals surface area contributed by atoms with Gasteiger partial charge in [-0.25, -0.2) is 0 Å². The second-order valence-corrected chi connectivity index (χ2v) is 4.07. The molecule has 0 radical (unpaired) electrons. The van der Waals surface area contributed by atoms with Crippen molar-refractivity contribution in [2.24, 2.45) is 0 Å². The lowest BCUT2D eigenvalue weighted by molar-refractivity contribution is -0.623. The highest BCUT2D eigenvalue weighted by molar-refractivity contribution is 5.77. The Morgan fingerprint density at radius 3 is 2.89 bits per heavy atom. The maximum atomic E-state index is 12.0. The van der Waals surface area contributed by atoms with Crippen LogP contribution in [0.15, 0.2) is 58.1 Å². The number of hydrogen-bond acceptors (Lipinski definition) is 3. The number of para-hydroxylation sites is 1. The van der Waals surface area contributed by atoms with E-state index in [1.165, 1.54) is 4.57 Å². The van der Waals surface area contributed by atoms with Crippen LogP contribution < -0.4 is 10.3 Å². The summed E-state index contributed by atoms with van der Waals surface area (Å²) in [6.07, 6.45) is 5.06. The lowest BCUT2D eigenvalue weighted by atomic mass is 10.2. The molecule has 0 unspecified atom stereocenters. The molecule has 4 nitrogen and oxygen atoms in total. The van der Waals surface area contributed by atoms with Gasteiger partial charge in [-0.05, 0) is 24.6 Å². The van der Waals surface area contributed by atoms with Gasteiger partial charge in [0.2, 0.25) is 5.69 Å². The van der Waals surface area contributed by atoms with Crippen LogP contribution in [0.25, 0.3) is 16.7 Å². The molecule has 0 spiro atoms. The van der Waals surface area contributed by atoms with E-state index in [-0.39, 0.29) is 0 Å². The van der Waals surface area contributed by atoms with E-state index < -0.39 is 5.76 Å². The molecule has 3 rings (SSSR count). The summed E-state index contributed by atoms with van der Waals surface area (Å²) in [6.45, 7) is 1.92. The number of aromatic nitrogens is 2. The first kappa shape index (κ1) is 10.7. The summed E-state index contributed by atoms with van der Waals surface area (Å²) in [4.78, 5) is 16.0. The highest BCUT2D eigenvalue weighted by Gasteiger charge is 2.16. The van der Waals surface area contributed by atoms with Crippen molar-refractivity contribution in [2.45, 2.75) is 6.92 Å². The minimum absolute atomic E-state index is 0.412. The number of fused-ring (bicyclic) bond motifs is 1. The first-order valence-corrected chi connectivity index (χ1v) is 5.61. The van der Waals surface area contributed by atoms with Gasteiger partial charge in [0, 0.05) is 12.3 Å². The van der Waals surface area contributed by atoms with Gasteiger partial charge in [0.05, 0.1) is 11.6 Å². The smallest absolute Gasteiger partial charge is 0.371 e. The molecule has 1 aromatic carbocycles. The molecule has 0 amide bonds. The highest BCUT2D eigenvalue weighted by Crippen LogP contribution is 2.14. The average molecular weight is 239 g/mol. The van der Waals surface area contributed by atoms with E-state index >= 15 is 0 Å². The van der Waals surface area contributed by atoms with Crippen molar-refractivity contribution in [3.8, 4) is 5.69 Å². The lowest BCUT2D eigenvalue weighted by Gasteiger charge is -1.98. The van der Waals surface area contributed by atoms with Crippen molar-refractivity contribution in [2.75, 3.05) is 0 Å². The number of pyridine rings is 1. The highest BCUT2D eigenvalue weighted by atomic mass is 16.4. The molecule has 0 N–H and O–H groups in total. The first-order chi connectivity index (χ1) is 8.75. The van der Waals surface area contributed by atoms with Crippen molar-refractivity contribution >= 4 is 11.0 Å². The van der Waals surface area contributed by atoms with Gasteiger partial charge in [0.15, 0.2) is 11.8 Å². The van der Waals surface area contributed by atoms with Crippen molar-refractivity contribution < 1.29 is 8.98 Å². The van der Waals surface area contributed by atoms with Gasteiger partial charge in [0.1, 0.15) is 0 Å². The molecule has 0 aliphatic heterocycles. The van der Waals surface area contributed by atoms with Crippen LogP contribution in [0.5, 0.6) is 0 Å².